The lowest BCUT2D eigenvalue weighted by Crippen LogP contribution is -2.56. The third kappa shape index (κ3) is 4.88. The van der Waals surface area contributed by atoms with E-state index in [2.05, 4.69) is 5.32 Å². The first kappa shape index (κ1) is 20.3. The van der Waals surface area contributed by atoms with Crippen LogP contribution in [-0.2, 0) is 4.79 Å². The average Bonchev–Trinajstić information content (AvgIpc) is 2.77. The lowest BCUT2D eigenvalue weighted by atomic mass is 10.1. The zero-order valence-corrected chi connectivity index (χ0v) is 15.7. The average molecular weight is 398 g/mol. The minimum absolute atomic E-state index is 0.0301. The summed E-state index contributed by atoms with van der Waals surface area (Å²) in [7, 11) is 0. The van der Waals surface area contributed by atoms with Crippen molar-refractivity contribution in [2.45, 2.75) is 6.04 Å². The van der Waals surface area contributed by atoms with Crippen molar-refractivity contribution in [1.82, 2.24) is 10.2 Å². The molecule has 9 heteroatoms. The van der Waals surface area contributed by atoms with Gasteiger partial charge in [-0.15, -0.1) is 0 Å². The molecule has 1 heterocycles. The van der Waals surface area contributed by atoms with Crippen molar-refractivity contribution in [3.8, 4) is 0 Å². The van der Waals surface area contributed by atoms with E-state index in [0.29, 0.717) is 31.7 Å². The Hall–Kier alpha value is -3.46. The zero-order chi connectivity index (χ0) is 20.8. The van der Waals surface area contributed by atoms with E-state index in [1.807, 2.05) is 4.90 Å². The van der Waals surface area contributed by atoms with E-state index >= 15 is 0 Å². The Morgan fingerprint density at radius 3 is 2.21 bits per heavy atom. The molecule has 1 aliphatic rings. The van der Waals surface area contributed by atoms with Gasteiger partial charge in [-0.25, -0.2) is 0 Å². The monoisotopic (exact) mass is 398 g/mol. The van der Waals surface area contributed by atoms with Gasteiger partial charge in [-0.05, 0) is 24.3 Å². The maximum atomic E-state index is 12.7. The lowest BCUT2D eigenvalue weighted by Gasteiger charge is -2.37. The highest BCUT2D eigenvalue weighted by Gasteiger charge is 2.28. The van der Waals surface area contributed by atoms with E-state index in [4.69, 9.17) is 0 Å². The number of piperazine rings is 1. The molecule has 1 unspecified atom stereocenters. The van der Waals surface area contributed by atoms with E-state index in [1.165, 1.54) is 12.1 Å². The zero-order valence-electron chi connectivity index (χ0n) is 15.7. The van der Waals surface area contributed by atoms with Crippen LogP contribution < -0.4 is 10.2 Å². The summed E-state index contributed by atoms with van der Waals surface area (Å²) in [4.78, 5) is 38.9. The van der Waals surface area contributed by atoms with Crippen molar-refractivity contribution in [3.05, 3.63) is 70.3 Å². The summed E-state index contributed by atoms with van der Waals surface area (Å²) in [5.41, 5.74) is 1.29. The smallest absolute Gasteiger partial charge is 0.269 e. The standard InChI is InChI=1S/C20H22N4O5/c25-14-18(21-19(26)15-4-2-1-3-5-15)20(27)23-12-10-22(11-13-23)16-6-8-17(9-7-16)24(28)29/h1-9,18,25H,10-14H2,(H,21,26). The highest BCUT2D eigenvalue weighted by molar-refractivity contribution is 5.97. The molecular weight excluding hydrogens is 376 g/mol. The predicted octanol–water partition coefficient (Wildman–Crippen LogP) is 1.03. The molecule has 0 spiro atoms. The summed E-state index contributed by atoms with van der Waals surface area (Å²) in [6.07, 6.45) is 0. The molecular formula is C20H22N4O5. The Morgan fingerprint density at radius 2 is 1.66 bits per heavy atom. The van der Waals surface area contributed by atoms with Gasteiger partial charge in [0.2, 0.25) is 5.91 Å². The third-order valence-corrected chi connectivity index (χ3v) is 4.84. The number of hydrogen-bond donors (Lipinski definition) is 2. The molecule has 1 aliphatic heterocycles. The maximum absolute atomic E-state index is 12.7. The van der Waals surface area contributed by atoms with E-state index in [-0.39, 0.29) is 11.6 Å². The molecule has 1 saturated heterocycles. The van der Waals surface area contributed by atoms with Crippen molar-refractivity contribution in [2.24, 2.45) is 0 Å². The second-order valence-electron chi connectivity index (χ2n) is 6.66. The molecule has 1 fully saturated rings. The first-order valence-corrected chi connectivity index (χ1v) is 9.24. The van der Waals surface area contributed by atoms with Crippen LogP contribution in [0, 0.1) is 10.1 Å². The number of amides is 2. The molecule has 0 bridgehead atoms. The number of nitro benzene ring substituents is 1. The van der Waals surface area contributed by atoms with Gasteiger partial charge in [0.25, 0.3) is 11.6 Å². The predicted molar refractivity (Wildman–Crippen MR) is 107 cm³/mol. The number of anilines is 1. The summed E-state index contributed by atoms with van der Waals surface area (Å²) >= 11 is 0. The molecule has 0 aromatic heterocycles. The molecule has 3 rings (SSSR count). The van der Waals surface area contributed by atoms with Gasteiger partial charge in [-0.2, -0.15) is 0 Å². The van der Waals surface area contributed by atoms with Gasteiger partial charge >= 0.3 is 0 Å². The van der Waals surface area contributed by atoms with E-state index in [0.717, 1.165) is 5.69 Å². The van der Waals surface area contributed by atoms with Gasteiger partial charge in [0.15, 0.2) is 0 Å². The van der Waals surface area contributed by atoms with E-state index < -0.39 is 23.5 Å². The highest BCUT2D eigenvalue weighted by Crippen LogP contribution is 2.20. The number of hydrogen-bond acceptors (Lipinski definition) is 6. The molecule has 29 heavy (non-hydrogen) atoms. The van der Waals surface area contributed by atoms with Crippen LogP contribution in [0.15, 0.2) is 54.6 Å². The molecule has 2 amide bonds. The quantitative estimate of drug-likeness (QED) is 0.555. The molecule has 0 aliphatic carbocycles. The minimum atomic E-state index is -1.01. The van der Waals surface area contributed by atoms with Gasteiger partial charge in [0, 0.05) is 49.6 Å². The van der Waals surface area contributed by atoms with Crippen LogP contribution in [0.1, 0.15) is 10.4 Å². The number of benzene rings is 2. The topological polar surface area (TPSA) is 116 Å². The Balaban J connectivity index is 1.56. The van der Waals surface area contributed by atoms with Crippen LogP contribution in [-0.4, -0.2) is 65.6 Å². The molecule has 0 saturated carbocycles. The molecule has 2 N–H and O–H groups in total. The number of non-ortho nitro benzene ring substituents is 1. The van der Waals surface area contributed by atoms with Crippen LogP contribution in [0.3, 0.4) is 0 Å². The summed E-state index contributed by atoms with van der Waals surface area (Å²) in [6, 6.07) is 13.8. The van der Waals surface area contributed by atoms with Gasteiger partial charge in [0.05, 0.1) is 11.5 Å². The first-order chi connectivity index (χ1) is 14.0. The van der Waals surface area contributed by atoms with E-state index in [9.17, 15) is 24.8 Å². The lowest BCUT2D eigenvalue weighted by molar-refractivity contribution is -0.384. The summed E-state index contributed by atoms with van der Waals surface area (Å²) < 4.78 is 0. The number of nitro groups is 1. The number of carbonyl (C=O) groups is 2. The Bertz CT molecular complexity index is 864. The Kier molecular flexibility index (Phi) is 6.40. The molecule has 2 aromatic carbocycles. The number of carbonyl (C=O) groups excluding carboxylic acids is 2. The third-order valence-electron chi connectivity index (χ3n) is 4.84. The first-order valence-electron chi connectivity index (χ1n) is 9.24. The summed E-state index contributed by atoms with van der Waals surface area (Å²) in [5.74, 6) is -0.748. The molecule has 1 atom stereocenters. The second-order valence-corrected chi connectivity index (χ2v) is 6.66. The van der Waals surface area contributed by atoms with Crippen molar-refractivity contribution in [1.29, 1.82) is 0 Å². The van der Waals surface area contributed by atoms with Gasteiger partial charge < -0.3 is 20.2 Å². The van der Waals surface area contributed by atoms with Crippen LogP contribution in [0.5, 0.6) is 0 Å². The molecule has 0 radical (unpaired) electrons. The molecule has 2 aromatic rings. The molecule has 9 nitrogen and oxygen atoms in total. The van der Waals surface area contributed by atoms with Crippen molar-refractivity contribution >= 4 is 23.2 Å². The maximum Gasteiger partial charge on any atom is 0.269 e. The highest BCUT2D eigenvalue weighted by atomic mass is 16.6. The van der Waals surface area contributed by atoms with Crippen molar-refractivity contribution in [3.63, 3.8) is 0 Å². The fraction of sp³-hybridized carbons (Fsp3) is 0.300. The summed E-state index contributed by atoms with van der Waals surface area (Å²) in [5, 5.41) is 22.9. The number of aliphatic hydroxyl groups is 1. The molecule has 152 valence electrons. The normalized spacial score (nSPS) is 14.9. The van der Waals surface area contributed by atoms with E-state index in [1.54, 1.807) is 47.4 Å². The van der Waals surface area contributed by atoms with Gasteiger partial charge in [0.1, 0.15) is 6.04 Å². The Morgan fingerprint density at radius 1 is 1.03 bits per heavy atom. The van der Waals surface area contributed by atoms with Crippen molar-refractivity contribution < 1.29 is 19.6 Å². The van der Waals surface area contributed by atoms with Gasteiger partial charge in [-0.3, -0.25) is 19.7 Å². The second kappa shape index (κ2) is 9.16. The minimum Gasteiger partial charge on any atom is -0.394 e. The largest absolute Gasteiger partial charge is 0.394 e. The van der Waals surface area contributed by atoms with Crippen LogP contribution in [0.25, 0.3) is 0 Å². The number of aliphatic hydroxyl groups excluding tert-OH is 1. The van der Waals surface area contributed by atoms with Gasteiger partial charge in [-0.1, -0.05) is 18.2 Å². The van der Waals surface area contributed by atoms with Crippen molar-refractivity contribution in [2.75, 3.05) is 37.7 Å². The number of nitrogens with one attached hydrogen (secondary N) is 1. The van der Waals surface area contributed by atoms with Crippen LogP contribution in [0.4, 0.5) is 11.4 Å². The number of nitrogens with zero attached hydrogens (tertiary/aromatic N) is 3. The SMILES string of the molecule is O=C(NC(CO)C(=O)N1CCN(c2ccc([N+](=O)[O-])cc2)CC1)c1ccccc1. The van der Waals surface area contributed by atoms with Crippen LogP contribution in [0.2, 0.25) is 0 Å². The summed E-state index contributed by atoms with van der Waals surface area (Å²) in [6.45, 7) is 1.46. The Labute approximate surface area is 167 Å². The fourth-order valence-electron chi connectivity index (χ4n) is 3.21. The van der Waals surface area contributed by atoms with Crippen LogP contribution >= 0.6 is 0 Å². The fourth-order valence-corrected chi connectivity index (χ4v) is 3.21. The number of rotatable bonds is 6.